The molecule has 1 rings (SSSR count). The SMILES string of the molecule is CC(C)(CC(=O)CCC(NC(=O)CC(=O)O)C(=O)O)C(=O)NCCOCCOCC(=O)ON1C(=O)CCC1=O. The molecule has 0 spiro atoms. The number of amides is 4. The molecule has 1 aliphatic heterocycles. The Hall–Kier alpha value is -3.92. The molecule has 1 fully saturated rings. The molecule has 0 aliphatic carbocycles. The van der Waals surface area contributed by atoms with Crippen molar-refractivity contribution >= 4 is 47.3 Å². The molecule has 0 aromatic carbocycles. The highest BCUT2D eigenvalue weighted by molar-refractivity contribution is 6.01. The van der Waals surface area contributed by atoms with Gasteiger partial charge >= 0.3 is 17.9 Å². The molecule has 0 radical (unpaired) electrons. The van der Waals surface area contributed by atoms with E-state index in [1.807, 2.05) is 5.32 Å². The zero-order valence-electron chi connectivity index (χ0n) is 21.7. The van der Waals surface area contributed by atoms with E-state index in [1.54, 1.807) is 0 Å². The number of carboxylic acid groups (broad SMARTS) is 2. The van der Waals surface area contributed by atoms with Crippen molar-refractivity contribution in [1.82, 2.24) is 15.7 Å². The predicted octanol–water partition coefficient (Wildman–Crippen LogP) is -1.45. The molecule has 4 amide bonds. The lowest BCUT2D eigenvalue weighted by atomic mass is 9.85. The van der Waals surface area contributed by atoms with Crippen LogP contribution in [0.15, 0.2) is 0 Å². The van der Waals surface area contributed by atoms with Gasteiger partial charge in [0.05, 0.1) is 25.2 Å². The fourth-order valence-corrected chi connectivity index (χ4v) is 3.24. The maximum atomic E-state index is 12.4. The number of ketones is 1. The maximum Gasteiger partial charge on any atom is 0.358 e. The molecule has 1 heterocycles. The monoisotopic (exact) mass is 559 g/mol. The number of hydrogen-bond donors (Lipinski definition) is 4. The van der Waals surface area contributed by atoms with Crippen molar-refractivity contribution < 1.29 is 62.9 Å². The Morgan fingerprint density at radius 1 is 0.974 bits per heavy atom. The van der Waals surface area contributed by atoms with Crippen molar-refractivity contribution in [3.63, 3.8) is 0 Å². The number of aliphatic carboxylic acids is 2. The average molecular weight is 560 g/mol. The lowest BCUT2D eigenvalue weighted by molar-refractivity contribution is -0.200. The molecule has 1 aliphatic rings. The van der Waals surface area contributed by atoms with Crippen molar-refractivity contribution in [2.75, 3.05) is 33.0 Å². The number of carbonyl (C=O) groups excluding carboxylic acids is 6. The van der Waals surface area contributed by atoms with Crippen LogP contribution in [0.4, 0.5) is 0 Å². The van der Waals surface area contributed by atoms with Crippen molar-refractivity contribution in [2.45, 2.75) is 58.4 Å². The van der Waals surface area contributed by atoms with Crippen LogP contribution in [-0.2, 0) is 52.7 Å². The fraction of sp³-hybridized carbons (Fsp3) is 0.652. The number of carboxylic acids is 2. The lowest BCUT2D eigenvalue weighted by Crippen LogP contribution is -2.42. The quantitative estimate of drug-likeness (QED) is 0.0807. The molecule has 0 aromatic heterocycles. The van der Waals surface area contributed by atoms with Gasteiger partial charge in [0.2, 0.25) is 11.8 Å². The summed E-state index contributed by atoms with van der Waals surface area (Å²) in [6, 6.07) is -1.44. The van der Waals surface area contributed by atoms with E-state index in [0.717, 1.165) is 0 Å². The second-order valence-corrected chi connectivity index (χ2v) is 9.13. The number of nitrogens with one attached hydrogen (secondary N) is 2. The first-order valence-corrected chi connectivity index (χ1v) is 12.0. The summed E-state index contributed by atoms with van der Waals surface area (Å²) in [5, 5.41) is 22.8. The second kappa shape index (κ2) is 16.1. The molecule has 16 heteroatoms. The van der Waals surface area contributed by atoms with Gasteiger partial charge in [0, 0.05) is 32.2 Å². The number of rotatable bonds is 19. The Balaban J connectivity index is 2.23. The third-order valence-electron chi connectivity index (χ3n) is 5.23. The molecule has 1 unspecified atom stereocenters. The molecule has 0 saturated carbocycles. The van der Waals surface area contributed by atoms with Crippen LogP contribution in [-0.4, -0.2) is 102 Å². The first-order valence-electron chi connectivity index (χ1n) is 12.0. The van der Waals surface area contributed by atoms with E-state index in [9.17, 15) is 43.5 Å². The van der Waals surface area contributed by atoms with Gasteiger partial charge in [-0.1, -0.05) is 13.8 Å². The Bertz CT molecular complexity index is 947. The smallest absolute Gasteiger partial charge is 0.358 e. The van der Waals surface area contributed by atoms with E-state index < -0.39 is 71.8 Å². The molecule has 218 valence electrons. The highest BCUT2D eigenvalue weighted by Gasteiger charge is 2.33. The summed E-state index contributed by atoms with van der Waals surface area (Å²) in [4.78, 5) is 97.0. The van der Waals surface area contributed by atoms with Crippen molar-refractivity contribution in [3.05, 3.63) is 0 Å². The van der Waals surface area contributed by atoms with E-state index in [1.165, 1.54) is 13.8 Å². The minimum atomic E-state index is -1.44. The predicted molar refractivity (Wildman–Crippen MR) is 126 cm³/mol. The van der Waals surface area contributed by atoms with Gasteiger partial charge in [-0.3, -0.25) is 28.8 Å². The summed E-state index contributed by atoms with van der Waals surface area (Å²) in [6.45, 7) is 2.83. The van der Waals surface area contributed by atoms with E-state index in [0.29, 0.717) is 5.06 Å². The summed E-state index contributed by atoms with van der Waals surface area (Å²) in [5.74, 6) is -6.81. The molecule has 1 atom stereocenters. The van der Waals surface area contributed by atoms with Crippen LogP contribution in [0.5, 0.6) is 0 Å². The van der Waals surface area contributed by atoms with E-state index in [4.69, 9.17) is 14.6 Å². The molecule has 0 aromatic rings. The van der Waals surface area contributed by atoms with Crippen LogP contribution in [0, 0.1) is 5.41 Å². The summed E-state index contributed by atoms with van der Waals surface area (Å²) in [6.07, 6.45) is -1.65. The third-order valence-corrected chi connectivity index (χ3v) is 5.23. The highest BCUT2D eigenvalue weighted by atomic mass is 16.7. The minimum Gasteiger partial charge on any atom is -0.481 e. The van der Waals surface area contributed by atoms with Crippen LogP contribution in [0.3, 0.4) is 0 Å². The van der Waals surface area contributed by atoms with Crippen LogP contribution >= 0.6 is 0 Å². The largest absolute Gasteiger partial charge is 0.481 e. The number of imide groups is 1. The van der Waals surface area contributed by atoms with E-state index in [2.05, 4.69) is 10.2 Å². The number of hydroxylamine groups is 2. The zero-order chi connectivity index (χ0) is 29.6. The van der Waals surface area contributed by atoms with Gasteiger partial charge in [0.15, 0.2) is 0 Å². The Morgan fingerprint density at radius 3 is 2.18 bits per heavy atom. The summed E-state index contributed by atoms with van der Waals surface area (Å²) in [7, 11) is 0. The lowest BCUT2D eigenvalue weighted by Gasteiger charge is -2.23. The first kappa shape index (κ1) is 33.1. The summed E-state index contributed by atoms with van der Waals surface area (Å²) >= 11 is 0. The van der Waals surface area contributed by atoms with Crippen LogP contribution in [0.2, 0.25) is 0 Å². The van der Waals surface area contributed by atoms with Crippen molar-refractivity contribution in [3.8, 4) is 0 Å². The summed E-state index contributed by atoms with van der Waals surface area (Å²) in [5.41, 5.74) is -1.12. The van der Waals surface area contributed by atoms with Gasteiger partial charge in [-0.15, -0.1) is 5.06 Å². The molecule has 39 heavy (non-hydrogen) atoms. The number of nitrogens with zero attached hydrogens (tertiary/aromatic N) is 1. The third kappa shape index (κ3) is 12.9. The number of ether oxygens (including phenoxy) is 2. The van der Waals surface area contributed by atoms with Gasteiger partial charge in [-0.25, -0.2) is 9.59 Å². The topological polar surface area (TPSA) is 232 Å². The fourth-order valence-electron chi connectivity index (χ4n) is 3.24. The second-order valence-electron chi connectivity index (χ2n) is 9.13. The molecule has 16 nitrogen and oxygen atoms in total. The molecular formula is C23H33N3O13. The maximum absolute atomic E-state index is 12.4. The van der Waals surface area contributed by atoms with Gasteiger partial charge in [0.1, 0.15) is 24.9 Å². The van der Waals surface area contributed by atoms with E-state index >= 15 is 0 Å². The summed E-state index contributed by atoms with van der Waals surface area (Å²) < 4.78 is 10.3. The molecule has 0 bridgehead atoms. The van der Waals surface area contributed by atoms with Crippen LogP contribution < -0.4 is 10.6 Å². The van der Waals surface area contributed by atoms with Gasteiger partial charge in [-0.2, -0.15) is 0 Å². The first-order chi connectivity index (χ1) is 18.2. The van der Waals surface area contributed by atoms with Gasteiger partial charge in [0.25, 0.3) is 11.8 Å². The average Bonchev–Trinajstić information content (AvgIpc) is 3.14. The Morgan fingerprint density at radius 2 is 1.59 bits per heavy atom. The number of hydrogen-bond acceptors (Lipinski definition) is 11. The van der Waals surface area contributed by atoms with Gasteiger partial charge < -0.3 is 35.2 Å². The molecule has 1 saturated heterocycles. The molecular weight excluding hydrogens is 526 g/mol. The number of Topliss-reactive ketones (excluding diaryl/α,β-unsaturated/α-hetero) is 1. The van der Waals surface area contributed by atoms with Crippen LogP contribution in [0.1, 0.15) is 52.4 Å². The van der Waals surface area contributed by atoms with Crippen molar-refractivity contribution in [2.24, 2.45) is 5.41 Å². The normalized spacial score (nSPS) is 14.1. The zero-order valence-corrected chi connectivity index (χ0v) is 21.7. The van der Waals surface area contributed by atoms with Gasteiger partial charge in [-0.05, 0) is 6.42 Å². The highest BCUT2D eigenvalue weighted by Crippen LogP contribution is 2.22. The standard InChI is InChI=1S/C23H33N3O13/c1-23(2,12-14(27)3-4-15(21(34)35)25-16(28)11-19(31)32)22(36)24-7-8-37-9-10-38-13-20(33)39-26-17(29)5-6-18(26)30/h15H,3-13H2,1-2H3,(H,24,36)(H,25,28)(H,31,32)(H,34,35). The Labute approximate surface area is 223 Å². The number of carbonyl (C=O) groups is 8. The van der Waals surface area contributed by atoms with E-state index in [-0.39, 0.29) is 58.5 Å². The molecule has 4 N–H and O–H groups in total. The van der Waals surface area contributed by atoms with Crippen LogP contribution in [0.25, 0.3) is 0 Å². The Kier molecular flexibility index (Phi) is 13.7. The minimum absolute atomic E-state index is 0.000959. The van der Waals surface area contributed by atoms with Crippen molar-refractivity contribution in [1.29, 1.82) is 0 Å².